The van der Waals surface area contributed by atoms with Crippen molar-refractivity contribution in [2.24, 2.45) is 5.92 Å². The number of amides is 1. The molecule has 1 amide bonds. The Bertz CT molecular complexity index is 945. The quantitative estimate of drug-likeness (QED) is 0.496. The lowest BCUT2D eigenvalue weighted by atomic mass is 9.79. The van der Waals surface area contributed by atoms with Crippen LogP contribution in [0.5, 0.6) is 0 Å². The zero-order chi connectivity index (χ0) is 21.4. The number of hydrogen-bond donors (Lipinski definition) is 0. The number of benzene rings is 2. The normalized spacial score (nSPS) is 22.2. The van der Waals surface area contributed by atoms with Gasteiger partial charge in [0, 0.05) is 12.0 Å². The highest BCUT2D eigenvalue weighted by atomic mass is 16.6. The third kappa shape index (κ3) is 3.58. The van der Waals surface area contributed by atoms with Gasteiger partial charge in [0.25, 0.3) is 0 Å². The first kappa shape index (κ1) is 20.4. The first-order chi connectivity index (χ1) is 15.2. The minimum Gasteiger partial charge on any atom is -0.448 e. The molecule has 3 heteroatoms. The molecule has 2 aromatic rings. The van der Waals surface area contributed by atoms with Crippen molar-refractivity contribution < 1.29 is 9.53 Å². The average molecular weight is 416 g/mol. The molecule has 3 aliphatic rings. The second-order valence-corrected chi connectivity index (χ2v) is 9.32. The van der Waals surface area contributed by atoms with E-state index in [-0.39, 0.29) is 18.1 Å². The van der Waals surface area contributed by atoms with Crippen LogP contribution in [0, 0.1) is 5.92 Å². The van der Waals surface area contributed by atoms with E-state index in [2.05, 4.69) is 73.4 Å². The number of hydrogen-bond acceptors (Lipinski definition) is 2. The number of nitrogens with zero attached hydrogens (tertiary/aromatic N) is 1. The minimum absolute atomic E-state index is 0.122. The molecular formula is C28H33NO2. The van der Waals surface area contributed by atoms with Gasteiger partial charge in [-0.2, -0.15) is 0 Å². The highest BCUT2D eigenvalue weighted by Crippen LogP contribution is 2.45. The fourth-order valence-corrected chi connectivity index (χ4v) is 6.13. The van der Waals surface area contributed by atoms with Crippen LogP contribution < -0.4 is 0 Å². The highest BCUT2D eigenvalue weighted by molar-refractivity contribution is 5.79. The molecule has 2 aliphatic heterocycles. The summed E-state index contributed by atoms with van der Waals surface area (Å²) in [6, 6.07) is 17.5. The van der Waals surface area contributed by atoms with Crippen molar-refractivity contribution in [3.05, 3.63) is 71.3 Å². The van der Waals surface area contributed by atoms with Gasteiger partial charge in [0.2, 0.25) is 0 Å². The van der Waals surface area contributed by atoms with Crippen molar-refractivity contribution >= 4 is 6.09 Å². The Morgan fingerprint density at radius 2 is 1.65 bits per heavy atom. The molecule has 0 spiro atoms. The van der Waals surface area contributed by atoms with Crippen LogP contribution in [0.15, 0.2) is 60.2 Å². The van der Waals surface area contributed by atoms with Gasteiger partial charge in [0.1, 0.15) is 6.61 Å². The fraction of sp³-hybridized carbons (Fsp3) is 0.464. The molecule has 162 valence electrons. The summed E-state index contributed by atoms with van der Waals surface area (Å²) >= 11 is 0. The molecular weight excluding hydrogens is 382 g/mol. The van der Waals surface area contributed by atoms with Crippen molar-refractivity contribution in [3.63, 3.8) is 0 Å². The molecule has 0 radical (unpaired) electrons. The summed E-state index contributed by atoms with van der Waals surface area (Å²) in [5, 5.41) is 0. The number of ether oxygens (including phenoxy) is 1. The molecule has 2 heterocycles. The monoisotopic (exact) mass is 415 g/mol. The van der Waals surface area contributed by atoms with Gasteiger partial charge in [-0.25, -0.2) is 4.79 Å². The van der Waals surface area contributed by atoms with Gasteiger partial charge in [-0.1, -0.05) is 74.0 Å². The molecule has 5 rings (SSSR count). The fourth-order valence-electron chi connectivity index (χ4n) is 6.13. The van der Waals surface area contributed by atoms with Crippen LogP contribution in [-0.2, 0) is 4.74 Å². The van der Waals surface area contributed by atoms with Gasteiger partial charge in [-0.15, -0.1) is 0 Å². The lowest BCUT2D eigenvalue weighted by Gasteiger charge is -2.45. The highest BCUT2D eigenvalue weighted by Gasteiger charge is 2.39. The van der Waals surface area contributed by atoms with Crippen molar-refractivity contribution in [1.29, 1.82) is 0 Å². The summed E-state index contributed by atoms with van der Waals surface area (Å²) in [5.41, 5.74) is 6.65. The van der Waals surface area contributed by atoms with E-state index in [1.165, 1.54) is 41.5 Å². The molecule has 1 fully saturated rings. The second-order valence-electron chi connectivity index (χ2n) is 9.32. The Morgan fingerprint density at radius 3 is 2.26 bits per heavy atom. The molecule has 0 N–H and O–H groups in total. The first-order valence-electron chi connectivity index (χ1n) is 12.0. The van der Waals surface area contributed by atoms with Crippen LogP contribution in [-0.4, -0.2) is 29.7 Å². The van der Waals surface area contributed by atoms with E-state index in [4.69, 9.17) is 4.74 Å². The molecule has 2 aromatic carbocycles. The van der Waals surface area contributed by atoms with Gasteiger partial charge < -0.3 is 4.74 Å². The second kappa shape index (κ2) is 8.53. The van der Waals surface area contributed by atoms with Crippen molar-refractivity contribution in [1.82, 2.24) is 4.90 Å². The summed E-state index contributed by atoms with van der Waals surface area (Å²) in [7, 11) is 0. The van der Waals surface area contributed by atoms with Crippen LogP contribution in [0.4, 0.5) is 4.79 Å². The lowest BCUT2D eigenvalue weighted by molar-refractivity contribution is 0.0497. The average Bonchev–Trinajstić information content (AvgIpc) is 3.11. The predicted molar refractivity (Wildman–Crippen MR) is 125 cm³/mol. The zero-order valence-corrected chi connectivity index (χ0v) is 18.7. The van der Waals surface area contributed by atoms with Gasteiger partial charge in [0.15, 0.2) is 0 Å². The SMILES string of the molecule is CCC(CC)C1=CC2CCCC(C1)N2C(=O)OCC1c2ccccc2-c2ccccc21. The maximum atomic E-state index is 13.3. The van der Waals surface area contributed by atoms with E-state index >= 15 is 0 Å². The molecule has 2 atom stereocenters. The van der Waals surface area contributed by atoms with Crippen LogP contribution in [0.1, 0.15) is 69.4 Å². The molecule has 1 saturated heterocycles. The molecule has 0 saturated carbocycles. The Hall–Kier alpha value is -2.55. The summed E-state index contributed by atoms with van der Waals surface area (Å²) < 4.78 is 6.02. The van der Waals surface area contributed by atoms with Crippen LogP contribution in [0.2, 0.25) is 0 Å². The molecule has 0 aromatic heterocycles. The maximum absolute atomic E-state index is 13.3. The lowest BCUT2D eigenvalue weighted by Crippen LogP contribution is -2.52. The van der Waals surface area contributed by atoms with E-state index < -0.39 is 0 Å². The summed E-state index contributed by atoms with van der Waals surface area (Å²) in [6.07, 6.45) is 9.02. The molecule has 3 nitrogen and oxygen atoms in total. The Balaban J connectivity index is 1.34. The summed E-state index contributed by atoms with van der Waals surface area (Å²) in [6.45, 7) is 4.97. The van der Waals surface area contributed by atoms with Crippen LogP contribution >= 0.6 is 0 Å². The number of fused-ring (bicyclic) bond motifs is 5. The number of carbonyl (C=O) groups is 1. The predicted octanol–water partition coefficient (Wildman–Crippen LogP) is 6.92. The van der Waals surface area contributed by atoms with Gasteiger partial charge in [0.05, 0.1) is 6.04 Å². The smallest absolute Gasteiger partial charge is 0.410 e. The van der Waals surface area contributed by atoms with Gasteiger partial charge >= 0.3 is 6.09 Å². The zero-order valence-electron chi connectivity index (χ0n) is 18.7. The third-order valence-corrected chi connectivity index (χ3v) is 7.72. The van der Waals surface area contributed by atoms with E-state index in [1.54, 1.807) is 5.57 Å². The largest absolute Gasteiger partial charge is 0.448 e. The first-order valence-corrected chi connectivity index (χ1v) is 12.0. The number of piperidine rings is 1. The van der Waals surface area contributed by atoms with E-state index in [0.717, 1.165) is 19.3 Å². The van der Waals surface area contributed by atoms with E-state index in [0.29, 0.717) is 18.6 Å². The van der Waals surface area contributed by atoms with Crippen LogP contribution in [0.3, 0.4) is 0 Å². The molecule has 31 heavy (non-hydrogen) atoms. The molecule has 1 aliphatic carbocycles. The number of carbonyl (C=O) groups excluding carboxylic acids is 1. The van der Waals surface area contributed by atoms with Gasteiger partial charge in [-0.05, 0) is 66.7 Å². The standard InChI is InChI=1S/C28H33NO2/c1-3-19(4-2)20-16-21-10-9-11-22(17-20)29(21)28(30)31-18-27-25-14-7-5-12-23(25)24-13-6-8-15-26(24)27/h5-8,12-16,19,21-22,27H,3-4,9-11,17-18H2,1-2H3. The topological polar surface area (TPSA) is 29.5 Å². The maximum Gasteiger partial charge on any atom is 0.410 e. The van der Waals surface area contributed by atoms with Gasteiger partial charge in [-0.3, -0.25) is 4.90 Å². The molecule has 2 bridgehead atoms. The summed E-state index contributed by atoms with van der Waals surface area (Å²) in [5.74, 6) is 0.782. The number of rotatable bonds is 5. The summed E-state index contributed by atoms with van der Waals surface area (Å²) in [4.78, 5) is 15.3. The Kier molecular flexibility index (Phi) is 5.60. The Morgan fingerprint density at radius 1 is 1.00 bits per heavy atom. The van der Waals surface area contributed by atoms with Crippen molar-refractivity contribution in [3.8, 4) is 11.1 Å². The van der Waals surface area contributed by atoms with Crippen LogP contribution in [0.25, 0.3) is 11.1 Å². The van der Waals surface area contributed by atoms with Crippen molar-refractivity contribution in [2.75, 3.05) is 6.61 Å². The minimum atomic E-state index is -0.128. The Labute approximate surface area is 186 Å². The van der Waals surface area contributed by atoms with E-state index in [9.17, 15) is 4.79 Å². The molecule has 2 unspecified atom stereocenters. The van der Waals surface area contributed by atoms with E-state index in [1.807, 2.05) is 0 Å². The van der Waals surface area contributed by atoms with Crippen molar-refractivity contribution in [2.45, 2.75) is 70.4 Å². The third-order valence-electron chi connectivity index (χ3n) is 7.72.